The predicted molar refractivity (Wildman–Crippen MR) is 98.0 cm³/mol. The van der Waals surface area contributed by atoms with Gasteiger partial charge in [0.1, 0.15) is 11.6 Å². The van der Waals surface area contributed by atoms with E-state index in [1.807, 2.05) is 37.3 Å². The minimum atomic E-state index is 0.829. The molecule has 22 heavy (non-hydrogen) atoms. The van der Waals surface area contributed by atoms with E-state index >= 15 is 0 Å². The normalized spacial score (nSPS) is 12.5. The van der Waals surface area contributed by atoms with E-state index in [0.717, 1.165) is 41.3 Å². The third kappa shape index (κ3) is 4.92. The lowest BCUT2D eigenvalue weighted by Gasteiger charge is -2.14. The highest BCUT2D eigenvalue weighted by atomic mass is 16.5. The first-order valence-electron chi connectivity index (χ1n) is 7.67. The van der Waals surface area contributed by atoms with Crippen molar-refractivity contribution in [2.24, 2.45) is 4.99 Å². The number of nitrogens with one attached hydrogen (secondary N) is 1. The lowest BCUT2D eigenvalue weighted by atomic mass is 10.1. The maximum absolute atomic E-state index is 5.70. The van der Waals surface area contributed by atoms with Crippen LogP contribution in [-0.2, 0) is 4.74 Å². The molecule has 0 fully saturated rings. The molecule has 0 bridgehead atoms. The van der Waals surface area contributed by atoms with E-state index in [1.165, 1.54) is 0 Å². The van der Waals surface area contributed by atoms with Gasteiger partial charge < -0.3 is 10.1 Å². The second-order valence-corrected chi connectivity index (χ2v) is 4.71. The SMILES string of the molecule is C=Cc1ccc(/C(=C/C)O/C=C/CC)cc1NC(CC)=NC. The van der Waals surface area contributed by atoms with Crippen LogP contribution in [0, 0.1) is 0 Å². The fourth-order valence-corrected chi connectivity index (χ4v) is 1.97. The van der Waals surface area contributed by atoms with Gasteiger partial charge in [0.05, 0.1) is 6.26 Å². The summed E-state index contributed by atoms with van der Waals surface area (Å²) < 4.78 is 5.70. The van der Waals surface area contributed by atoms with Gasteiger partial charge in [-0.25, -0.2) is 0 Å². The largest absolute Gasteiger partial charge is 0.465 e. The molecule has 0 saturated heterocycles. The summed E-state index contributed by atoms with van der Waals surface area (Å²) in [7, 11) is 1.79. The van der Waals surface area contributed by atoms with E-state index in [2.05, 4.69) is 36.8 Å². The first-order chi connectivity index (χ1) is 10.7. The molecular weight excluding hydrogens is 272 g/mol. The summed E-state index contributed by atoms with van der Waals surface area (Å²) in [5.41, 5.74) is 3.04. The van der Waals surface area contributed by atoms with Crippen LogP contribution in [0.25, 0.3) is 11.8 Å². The van der Waals surface area contributed by atoms with Crippen LogP contribution >= 0.6 is 0 Å². The minimum absolute atomic E-state index is 0.829. The van der Waals surface area contributed by atoms with Gasteiger partial charge in [-0.3, -0.25) is 4.99 Å². The molecule has 0 saturated carbocycles. The number of allylic oxidation sites excluding steroid dienone is 2. The molecule has 0 radical (unpaired) electrons. The summed E-state index contributed by atoms with van der Waals surface area (Å²) in [5, 5.41) is 3.36. The smallest absolute Gasteiger partial charge is 0.129 e. The van der Waals surface area contributed by atoms with Crippen molar-refractivity contribution in [3.63, 3.8) is 0 Å². The van der Waals surface area contributed by atoms with E-state index in [4.69, 9.17) is 4.74 Å². The van der Waals surface area contributed by atoms with Gasteiger partial charge in [-0.15, -0.1) is 0 Å². The standard InChI is InChI=1S/C19H26N2O/c1-6-10-13-22-18(8-3)16-12-11-15(7-2)17(14-16)21-19(9-4)20-5/h7-8,10-14H,2,6,9H2,1,3-5H3,(H,20,21)/b13-10+,18-8-. The highest BCUT2D eigenvalue weighted by Gasteiger charge is 2.07. The van der Waals surface area contributed by atoms with Gasteiger partial charge in [0, 0.05) is 24.7 Å². The summed E-state index contributed by atoms with van der Waals surface area (Å²) in [6, 6.07) is 6.13. The van der Waals surface area contributed by atoms with Crippen molar-refractivity contribution in [3.8, 4) is 0 Å². The Kier molecular flexibility index (Phi) is 7.76. The molecule has 0 aliphatic carbocycles. The summed E-state index contributed by atoms with van der Waals surface area (Å²) >= 11 is 0. The third-order valence-corrected chi connectivity index (χ3v) is 3.23. The molecule has 1 N–H and O–H groups in total. The number of ether oxygens (including phenoxy) is 1. The van der Waals surface area contributed by atoms with Gasteiger partial charge in [-0.2, -0.15) is 0 Å². The fraction of sp³-hybridized carbons (Fsp3) is 0.316. The molecule has 1 rings (SSSR count). The lowest BCUT2D eigenvalue weighted by molar-refractivity contribution is 0.434. The molecule has 3 nitrogen and oxygen atoms in total. The number of rotatable bonds is 7. The molecule has 0 aliphatic heterocycles. The van der Waals surface area contributed by atoms with Crippen molar-refractivity contribution in [1.82, 2.24) is 0 Å². The van der Waals surface area contributed by atoms with Crippen LogP contribution in [0.15, 0.2) is 48.2 Å². The van der Waals surface area contributed by atoms with Crippen molar-refractivity contribution in [2.75, 3.05) is 12.4 Å². The van der Waals surface area contributed by atoms with Crippen LogP contribution in [0.4, 0.5) is 5.69 Å². The molecule has 118 valence electrons. The molecule has 0 heterocycles. The second-order valence-electron chi connectivity index (χ2n) is 4.71. The number of hydrogen-bond donors (Lipinski definition) is 1. The number of aliphatic imine (C=N–C) groups is 1. The van der Waals surface area contributed by atoms with Crippen molar-refractivity contribution >= 4 is 23.4 Å². The Morgan fingerprint density at radius 1 is 1.36 bits per heavy atom. The summed E-state index contributed by atoms with van der Waals surface area (Å²) in [4.78, 5) is 4.25. The molecule has 0 aromatic heterocycles. The average Bonchev–Trinajstić information content (AvgIpc) is 2.56. The topological polar surface area (TPSA) is 33.6 Å². The zero-order valence-corrected chi connectivity index (χ0v) is 14.0. The average molecular weight is 298 g/mol. The van der Waals surface area contributed by atoms with E-state index in [9.17, 15) is 0 Å². The van der Waals surface area contributed by atoms with Gasteiger partial charge in [0.2, 0.25) is 0 Å². The van der Waals surface area contributed by atoms with Crippen LogP contribution in [0.5, 0.6) is 0 Å². The second kappa shape index (κ2) is 9.61. The Morgan fingerprint density at radius 3 is 2.68 bits per heavy atom. The Bertz CT molecular complexity index is 583. The van der Waals surface area contributed by atoms with E-state index in [-0.39, 0.29) is 0 Å². The van der Waals surface area contributed by atoms with Crippen LogP contribution in [-0.4, -0.2) is 12.9 Å². The molecule has 0 unspecified atom stereocenters. The van der Waals surface area contributed by atoms with Crippen LogP contribution in [0.2, 0.25) is 0 Å². The number of amidine groups is 1. The van der Waals surface area contributed by atoms with Crippen LogP contribution in [0.3, 0.4) is 0 Å². The maximum Gasteiger partial charge on any atom is 0.129 e. The number of anilines is 1. The molecule has 0 aliphatic rings. The zero-order valence-electron chi connectivity index (χ0n) is 14.0. The molecule has 3 heteroatoms. The Hall–Kier alpha value is -2.29. The highest BCUT2D eigenvalue weighted by molar-refractivity contribution is 5.97. The number of benzene rings is 1. The molecule has 0 atom stereocenters. The fourth-order valence-electron chi connectivity index (χ4n) is 1.97. The summed E-state index contributed by atoms with van der Waals surface area (Å²) in [6.45, 7) is 9.98. The first kappa shape index (κ1) is 17.8. The first-order valence-corrected chi connectivity index (χ1v) is 7.67. The molecule has 0 amide bonds. The molecule has 1 aromatic rings. The lowest BCUT2D eigenvalue weighted by Crippen LogP contribution is -2.11. The maximum atomic E-state index is 5.70. The Balaban J connectivity index is 3.12. The van der Waals surface area contributed by atoms with E-state index in [1.54, 1.807) is 13.3 Å². The van der Waals surface area contributed by atoms with Crippen molar-refractivity contribution in [1.29, 1.82) is 0 Å². The van der Waals surface area contributed by atoms with Gasteiger partial charge in [-0.05, 0) is 37.1 Å². The third-order valence-electron chi connectivity index (χ3n) is 3.23. The zero-order chi connectivity index (χ0) is 16.4. The van der Waals surface area contributed by atoms with Crippen molar-refractivity contribution < 1.29 is 4.74 Å². The van der Waals surface area contributed by atoms with Gasteiger partial charge >= 0.3 is 0 Å². The molecular formula is C19H26N2O. The number of nitrogens with zero attached hydrogens (tertiary/aromatic N) is 1. The van der Waals surface area contributed by atoms with Gasteiger partial charge in [-0.1, -0.05) is 38.6 Å². The minimum Gasteiger partial charge on any atom is -0.465 e. The summed E-state index contributed by atoms with van der Waals surface area (Å²) in [6.07, 6.45) is 9.31. The monoisotopic (exact) mass is 298 g/mol. The van der Waals surface area contributed by atoms with E-state index in [0.29, 0.717) is 0 Å². The number of hydrogen-bond acceptors (Lipinski definition) is 2. The predicted octanol–water partition coefficient (Wildman–Crippen LogP) is 5.48. The van der Waals surface area contributed by atoms with Gasteiger partial charge in [0.25, 0.3) is 0 Å². The Labute approximate surface area is 134 Å². The van der Waals surface area contributed by atoms with Crippen LogP contribution in [0.1, 0.15) is 44.7 Å². The summed E-state index contributed by atoms with van der Waals surface area (Å²) in [5.74, 6) is 1.77. The quantitative estimate of drug-likeness (QED) is 0.411. The van der Waals surface area contributed by atoms with Crippen LogP contribution < -0.4 is 5.32 Å². The van der Waals surface area contributed by atoms with Crippen molar-refractivity contribution in [2.45, 2.75) is 33.6 Å². The van der Waals surface area contributed by atoms with E-state index < -0.39 is 0 Å². The molecule has 1 aromatic carbocycles. The molecule has 0 spiro atoms. The van der Waals surface area contributed by atoms with Crippen molar-refractivity contribution in [3.05, 3.63) is 54.3 Å². The Morgan fingerprint density at radius 2 is 2.14 bits per heavy atom. The van der Waals surface area contributed by atoms with Gasteiger partial charge in [0.15, 0.2) is 0 Å². The highest BCUT2D eigenvalue weighted by Crippen LogP contribution is 2.25.